The van der Waals surface area contributed by atoms with E-state index in [2.05, 4.69) is 17.0 Å². The molecule has 0 amide bonds. The van der Waals surface area contributed by atoms with Gasteiger partial charge in [-0.1, -0.05) is 12.1 Å². The summed E-state index contributed by atoms with van der Waals surface area (Å²) in [5.41, 5.74) is 0.939. The quantitative estimate of drug-likeness (QED) is 0.869. The van der Waals surface area contributed by atoms with E-state index in [1.165, 1.54) is 6.07 Å². The van der Waals surface area contributed by atoms with Gasteiger partial charge in [0.2, 0.25) is 0 Å². The highest BCUT2D eigenvalue weighted by molar-refractivity contribution is 5.30. The summed E-state index contributed by atoms with van der Waals surface area (Å²) in [4.78, 5) is 0. The Kier molecular flexibility index (Phi) is 5.31. The number of benzene rings is 1. The Morgan fingerprint density at radius 3 is 2.80 bits per heavy atom. The first kappa shape index (κ1) is 15.2. The first-order valence-corrected chi connectivity index (χ1v) is 6.95. The number of halogens is 2. The molecule has 2 rings (SSSR count). The van der Waals surface area contributed by atoms with Gasteiger partial charge in [-0.05, 0) is 43.9 Å². The monoisotopic (exact) mass is 285 g/mol. The van der Waals surface area contributed by atoms with Crippen LogP contribution in [0, 0.1) is 5.92 Å². The third-order valence-corrected chi connectivity index (χ3v) is 3.77. The van der Waals surface area contributed by atoms with E-state index < -0.39 is 6.61 Å². The molecule has 1 heterocycles. The van der Waals surface area contributed by atoms with E-state index >= 15 is 0 Å². The molecule has 1 N–H and O–H groups in total. The molecule has 1 fully saturated rings. The summed E-state index contributed by atoms with van der Waals surface area (Å²) in [6.45, 7) is 2.98. The van der Waals surface area contributed by atoms with Gasteiger partial charge in [-0.25, -0.2) is 0 Å². The summed E-state index contributed by atoms with van der Waals surface area (Å²) in [5.74, 6) is 0.709. The van der Waals surface area contributed by atoms with Crippen molar-refractivity contribution in [1.29, 1.82) is 0 Å². The molecule has 20 heavy (non-hydrogen) atoms. The summed E-state index contributed by atoms with van der Waals surface area (Å²) in [6.07, 6.45) is 1.06. The molecule has 1 aliphatic rings. The molecule has 1 saturated heterocycles. The number of hydrogen-bond donors (Lipinski definition) is 1. The van der Waals surface area contributed by atoms with Crippen LogP contribution in [0.4, 0.5) is 8.78 Å². The zero-order chi connectivity index (χ0) is 14.5. The Morgan fingerprint density at radius 2 is 2.15 bits per heavy atom. The van der Waals surface area contributed by atoms with Crippen molar-refractivity contribution in [3.8, 4) is 5.75 Å². The summed E-state index contributed by atoms with van der Waals surface area (Å²) in [7, 11) is 0. The first-order chi connectivity index (χ1) is 9.56. The average molecular weight is 285 g/mol. The molecule has 112 valence electrons. The average Bonchev–Trinajstić information content (AvgIpc) is 2.92. The number of nitrogens with one attached hydrogen (secondary N) is 1. The van der Waals surface area contributed by atoms with Gasteiger partial charge >= 0.3 is 6.61 Å². The van der Waals surface area contributed by atoms with E-state index in [1.807, 2.05) is 13.0 Å². The zero-order valence-electron chi connectivity index (χ0n) is 11.8. The van der Waals surface area contributed by atoms with Crippen LogP contribution in [-0.4, -0.2) is 25.9 Å². The third kappa shape index (κ3) is 4.15. The van der Waals surface area contributed by atoms with Gasteiger partial charge in [0.05, 0.1) is 6.61 Å². The van der Waals surface area contributed by atoms with Crippen LogP contribution in [0.25, 0.3) is 0 Å². The number of hydrogen-bond acceptors (Lipinski definition) is 3. The van der Waals surface area contributed by atoms with Gasteiger partial charge in [-0.3, -0.25) is 0 Å². The van der Waals surface area contributed by atoms with Gasteiger partial charge in [0, 0.05) is 18.7 Å². The van der Waals surface area contributed by atoms with Gasteiger partial charge in [-0.2, -0.15) is 8.78 Å². The Labute approximate surface area is 118 Å². The van der Waals surface area contributed by atoms with Crippen LogP contribution in [0.2, 0.25) is 0 Å². The summed E-state index contributed by atoms with van der Waals surface area (Å²) < 4.78 is 34.2. The van der Waals surface area contributed by atoms with Gasteiger partial charge < -0.3 is 14.8 Å². The highest BCUT2D eigenvalue weighted by Gasteiger charge is 2.23. The summed E-state index contributed by atoms with van der Waals surface area (Å²) in [6, 6.07) is 7.24. The fourth-order valence-electron chi connectivity index (χ4n) is 2.53. The highest BCUT2D eigenvalue weighted by Crippen LogP contribution is 2.23. The molecule has 0 bridgehead atoms. The van der Waals surface area contributed by atoms with Crippen molar-refractivity contribution in [3.05, 3.63) is 29.8 Å². The van der Waals surface area contributed by atoms with Crippen molar-refractivity contribution >= 4 is 0 Å². The maximum absolute atomic E-state index is 12.2. The molecule has 5 heteroatoms. The zero-order valence-corrected chi connectivity index (χ0v) is 11.8. The maximum Gasteiger partial charge on any atom is 0.387 e. The standard InChI is InChI=1S/C15H21F2NO2/c1-10(18-11(2)13-6-7-19-9-13)12-4-3-5-14(8-12)20-15(16)17/h3-5,8,10-11,13,15,18H,6-7,9H2,1-2H3. The molecule has 0 aliphatic carbocycles. The number of alkyl halides is 2. The smallest absolute Gasteiger partial charge is 0.387 e. The summed E-state index contributed by atoms with van der Waals surface area (Å²) >= 11 is 0. The van der Waals surface area contributed by atoms with E-state index in [0.717, 1.165) is 25.2 Å². The summed E-state index contributed by atoms with van der Waals surface area (Å²) in [5, 5.41) is 3.50. The molecule has 1 aliphatic heterocycles. The van der Waals surface area contributed by atoms with E-state index in [4.69, 9.17) is 4.74 Å². The SMILES string of the molecule is CC(NC(C)C1CCOC1)c1cccc(OC(F)F)c1. The van der Waals surface area contributed by atoms with Gasteiger partial charge in [0.25, 0.3) is 0 Å². The Hall–Kier alpha value is -1.20. The first-order valence-electron chi connectivity index (χ1n) is 6.95. The fraction of sp³-hybridized carbons (Fsp3) is 0.600. The van der Waals surface area contributed by atoms with E-state index in [0.29, 0.717) is 12.0 Å². The van der Waals surface area contributed by atoms with Crippen LogP contribution in [0.15, 0.2) is 24.3 Å². The molecule has 1 aromatic rings. The highest BCUT2D eigenvalue weighted by atomic mass is 19.3. The molecule has 3 nitrogen and oxygen atoms in total. The lowest BCUT2D eigenvalue weighted by atomic mass is 9.98. The van der Waals surface area contributed by atoms with Crippen LogP contribution < -0.4 is 10.1 Å². The lowest BCUT2D eigenvalue weighted by Crippen LogP contribution is -2.35. The normalized spacial score (nSPS) is 21.9. The number of rotatable bonds is 6. The lowest BCUT2D eigenvalue weighted by molar-refractivity contribution is -0.0499. The van der Waals surface area contributed by atoms with E-state index in [9.17, 15) is 8.78 Å². The molecule has 1 aromatic carbocycles. The minimum atomic E-state index is -2.79. The third-order valence-electron chi connectivity index (χ3n) is 3.77. The predicted molar refractivity (Wildman–Crippen MR) is 73.0 cm³/mol. The van der Waals surface area contributed by atoms with Crippen molar-refractivity contribution in [1.82, 2.24) is 5.32 Å². The van der Waals surface area contributed by atoms with Crippen LogP contribution in [-0.2, 0) is 4.74 Å². The van der Waals surface area contributed by atoms with Crippen molar-refractivity contribution in [2.75, 3.05) is 13.2 Å². The molecule has 0 spiro atoms. The van der Waals surface area contributed by atoms with Gasteiger partial charge in [0.15, 0.2) is 0 Å². The maximum atomic E-state index is 12.2. The molecule has 3 unspecified atom stereocenters. The molecule has 0 aromatic heterocycles. The second kappa shape index (κ2) is 6.99. The Balaban J connectivity index is 1.95. The fourth-order valence-corrected chi connectivity index (χ4v) is 2.53. The predicted octanol–water partition coefficient (Wildman–Crippen LogP) is 3.36. The molecular formula is C15H21F2NO2. The van der Waals surface area contributed by atoms with Gasteiger partial charge in [-0.15, -0.1) is 0 Å². The van der Waals surface area contributed by atoms with Crippen molar-refractivity contribution in [2.45, 2.75) is 39.0 Å². The minimum Gasteiger partial charge on any atom is -0.435 e. The Bertz CT molecular complexity index is 422. The van der Waals surface area contributed by atoms with Crippen LogP contribution >= 0.6 is 0 Å². The molecular weight excluding hydrogens is 264 g/mol. The minimum absolute atomic E-state index is 0.0758. The van der Waals surface area contributed by atoms with E-state index in [1.54, 1.807) is 12.1 Å². The van der Waals surface area contributed by atoms with Crippen LogP contribution in [0.5, 0.6) is 5.75 Å². The van der Waals surface area contributed by atoms with Crippen molar-refractivity contribution in [3.63, 3.8) is 0 Å². The van der Waals surface area contributed by atoms with Crippen molar-refractivity contribution < 1.29 is 18.3 Å². The van der Waals surface area contributed by atoms with Crippen LogP contribution in [0.3, 0.4) is 0 Å². The molecule has 0 saturated carbocycles. The van der Waals surface area contributed by atoms with Crippen LogP contribution in [0.1, 0.15) is 31.9 Å². The largest absolute Gasteiger partial charge is 0.435 e. The topological polar surface area (TPSA) is 30.5 Å². The second-order valence-electron chi connectivity index (χ2n) is 5.25. The Morgan fingerprint density at radius 1 is 1.35 bits per heavy atom. The van der Waals surface area contributed by atoms with Crippen molar-refractivity contribution in [2.24, 2.45) is 5.92 Å². The second-order valence-corrected chi connectivity index (χ2v) is 5.25. The van der Waals surface area contributed by atoms with E-state index in [-0.39, 0.29) is 11.8 Å². The lowest BCUT2D eigenvalue weighted by Gasteiger charge is -2.24. The van der Waals surface area contributed by atoms with Gasteiger partial charge in [0.1, 0.15) is 5.75 Å². The molecule has 0 radical (unpaired) electrons. The number of ether oxygens (including phenoxy) is 2. The molecule has 3 atom stereocenters.